The summed E-state index contributed by atoms with van der Waals surface area (Å²) >= 11 is 0. The van der Waals surface area contributed by atoms with Crippen LogP contribution in [0.5, 0.6) is 0 Å². The van der Waals surface area contributed by atoms with Crippen molar-refractivity contribution in [1.29, 1.82) is 0 Å². The Morgan fingerprint density at radius 3 is 1.77 bits per heavy atom. The Hall–Kier alpha value is -2.50. The zero-order valence-corrected chi connectivity index (χ0v) is 26.4. The molecular formula is C34H56O6. The molecule has 6 heteroatoms. The molecule has 0 amide bonds. The molecule has 0 aromatic rings. The highest BCUT2D eigenvalue weighted by molar-refractivity contribution is 6.04. The van der Waals surface area contributed by atoms with E-state index in [1.54, 1.807) is 0 Å². The van der Waals surface area contributed by atoms with Gasteiger partial charge in [-0.3, -0.25) is 9.59 Å². The van der Waals surface area contributed by atoms with E-state index in [1.165, 1.54) is 57.8 Å². The second kappa shape index (κ2) is 22.2. The Morgan fingerprint density at radius 1 is 0.800 bits per heavy atom. The van der Waals surface area contributed by atoms with Crippen LogP contribution >= 0.6 is 0 Å². The van der Waals surface area contributed by atoms with Crippen molar-refractivity contribution in [2.45, 2.75) is 120 Å². The average Bonchev–Trinajstić information content (AvgIpc) is 3.45. The largest absolute Gasteiger partial charge is 0.393 e. The number of unbranched alkanes of at least 4 members (excludes halogenated alkanes) is 2. The molecule has 40 heavy (non-hydrogen) atoms. The Morgan fingerprint density at radius 2 is 1.35 bits per heavy atom. The molecular weight excluding hydrogens is 504 g/mol. The van der Waals surface area contributed by atoms with E-state index in [9.17, 15) is 19.2 Å². The quantitative estimate of drug-likeness (QED) is 0.113. The van der Waals surface area contributed by atoms with Crippen LogP contribution < -0.4 is 0 Å². The molecule has 6 unspecified atom stereocenters. The first-order chi connectivity index (χ1) is 18.9. The summed E-state index contributed by atoms with van der Waals surface area (Å²) < 4.78 is 8.57. The van der Waals surface area contributed by atoms with Crippen LogP contribution in [0, 0.1) is 35.5 Å². The van der Waals surface area contributed by atoms with Gasteiger partial charge in [-0.25, -0.2) is 9.59 Å². The number of cyclic esters (lactones) is 4. The van der Waals surface area contributed by atoms with Crippen LogP contribution in [0.4, 0.5) is 0 Å². The molecule has 6 atom stereocenters. The first-order valence-corrected chi connectivity index (χ1v) is 15.4. The van der Waals surface area contributed by atoms with Crippen LogP contribution in [0.15, 0.2) is 36.5 Å². The molecule has 1 saturated heterocycles. The highest BCUT2D eigenvalue weighted by Gasteiger charge is 2.36. The van der Waals surface area contributed by atoms with Crippen LogP contribution in [-0.4, -0.2) is 23.9 Å². The summed E-state index contributed by atoms with van der Waals surface area (Å²) in [6.45, 7) is 17.8. The number of carbonyl (C=O) groups excluding carboxylic acids is 4. The van der Waals surface area contributed by atoms with Crippen LogP contribution in [0.3, 0.4) is 0 Å². The maximum Gasteiger partial charge on any atom is 0.338 e. The van der Waals surface area contributed by atoms with Crippen LogP contribution in [0.2, 0.25) is 0 Å². The summed E-state index contributed by atoms with van der Waals surface area (Å²) in [7, 11) is 0. The van der Waals surface area contributed by atoms with Gasteiger partial charge < -0.3 is 9.47 Å². The zero-order chi connectivity index (χ0) is 30.5. The predicted octanol–water partition coefficient (Wildman–Crippen LogP) is 8.55. The fourth-order valence-corrected chi connectivity index (χ4v) is 4.90. The van der Waals surface area contributed by atoms with Gasteiger partial charge in [-0.2, -0.15) is 0 Å². The summed E-state index contributed by atoms with van der Waals surface area (Å²) in [5.41, 5.74) is 0. The minimum absolute atomic E-state index is 0.0716. The van der Waals surface area contributed by atoms with Gasteiger partial charge in [0.15, 0.2) is 0 Å². The van der Waals surface area contributed by atoms with Gasteiger partial charge in [0, 0.05) is 12.2 Å². The standard InChI is InChI=1S/C17H28O3.C13H26.C4H2O3/c1-5-6-7-12(2)10-13(3)8-9-14(4)15-11-16(18)20-17(15)19;1-5-7-9-12(3)11-13(4)10-8-6-2;5-3-1-2-4(6)7-3/h8-9,12-15H,5-7,10-11H2,1-4H3;5,7,12-13H,6,8-11H2,1-4H3;1-2H/b9-8+;7-5+;. The third-order valence-corrected chi connectivity index (χ3v) is 7.29. The van der Waals surface area contributed by atoms with E-state index in [4.69, 9.17) is 0 Å². The minimum atomic E-state index is -0.579. The van der Waals surface area contributed by atoms with Crippen molar-refractivity contribution in [3.05, 3.63) is 36.5 Å². The predicted molar refractivity (Wildman–Crippen MR) is 162 cm³/mol. The van der Waals surface area contributed by atoms with Crippen molar-refractivity contribution >= 4 is 23.9 Å². The van der Waals surface area contributed by atoms with Crippen LogP contribution in [0.25, 0.3) is 0 Å². The summed E-state index contributed by atoms with van der Waals surface area (Å²) in [4.78, 5) is 42.4. The van der Waals surface area contributed by atoms with Gasteiger partial charge in [-0.05, 0) is 55.8 Å². The van der Waals surface area contributed by atoms with Gasteiger partial charge in [0.05, 0.1) is 12.3 Å². The lowest BCUT2D eigenvalue weighted by atomic mass is 9.89. The third kappa shape index (κ3) is 18.7. The van der Waals surface area contributed by atoms with E-state index in [-0.39, 0.29) is 30.2 Å². The monoisotopic (exact) mass is 560 g/mol. The van der Waals surface area contributed by atoms with Gasteiger partial charge in [0.1, 0.15) is 0 Å². The van der Waals surface area contributed by atoms with E-state index < -0.39 is 11.9 Å². The van der Waals surface area contributed by atoms with Gasteiger partial charge in [0.2, 0.25) is 0 Å². The number of hydrogen-bond acceptors (Lipinski definition) is 6. The number of esters is 4. The van der Waals surface area contributed by atoms with Crippen LogP contribution in [-0.2, 0) is 28.7 Å². The molecule has 1 fully saturated rings. The van der Waals surface area contributed by atoms with Crippen molar-refractivity contribution in [3.63, 3.8) is 0 Å². The first kappa shape index (κ1) is 37.5. The number of rotatable bonds is 15. The maximum atomic E-state index is 11.5. The molecule has 0 saturated carbocycles. The number of ether oxygens (including phenoxy) is 2. The molecule has 2 aliphatic rings. The van der Waals surface area contributed by atoms with Crippen molar-refractivity contribution in [1.82, 2.24) is 0 Å². The molecule has 0 spiro atoms. The highest BCUT2D eigenvalue weighted by atomic mass is 16.6. The Labute approximate surface area is 244 Å². The van der Waals surface area contributed by atoms with E-state index in [0.29, 0.717) is 5.92 Å². The molecule has 228 valence electrons. The average molecular weight is 561 g/mol. The molecule has 0 bridgehead atoms. The third-order valence-electron chi connectivity index (χ3n) is 7.29. The Kier molecular flexibility index (Phi) is 20.8. The summed E-state index contributed by atoms with van der Waals surface area (Å²) in [6, 6.07) is 0. The Balaban J connectivity index is 0.000000646. The van der Waals surface area contributed by atoms with E-state index in [2.05, 4.69) is 82.2 Å². The molecule has 0 radical (unpaired) electrons. The normalized spacial score (nSPS) is 20.4. The highest BCUT2D eigenvalue weighted by Crippen LogP contribution is 2.26. The van der Waals surface area contributed by atoms with Crippen molar-refractivity contribution < 1.29 is 28.7 Å². The smallest absolute Gasteiger partial charge is 0.338 e. The molecule has 0 N–H and O–H groups in total. The minimum Gasteiger partial charge on any atom is -0.393 e. The zero-order valence-electron chi connectivity index (χ0n) is 26.4. The molecule has 2 heterocycles. The lowest BCUT2D eigenvalue weighted by molar-refractivity contribution is -0.154. The fraction of sp³-hybridized carbons (Fsp3) is 0.706. The molecule has 0 aliphatic carbocycles. The Bertz CT molecular complexity index is 823. The maximum absolute atomic E-state index is 11.5. The van der Waals surface area contributed by atoms with Gasteiger partial charge in [-0.15, -0.1) is 0 Å². The van der Waals surface area contributed by atoms with Gasteiger partial charge in [-0.1, -0.05) is 111 Å². The number of hydrogen-bond donors (Lipinski definition) is 0. The van der Waals surface area contributed by atoms with Crippen LogP contribution in [0.1, 0.15) is 120 Å². The van der Waals surface area contributed by atoms with Crippen molar-refractivity contribution in [2.75, 3.05) is 0 Å². The second-order valence-corrected chi connectivity index (χ2v) is 11.8. The SMILES string of the molecule is C/C=C/CC(C)CC(C)CCCC.CCCCC(C)CC(C)/C=C/C(C)C1CC(=O)OC1=O.O=C1C=CC(=O)O1. The summed E-state index contributed by atoms with van der Waals surface area (Å²) in [6.07, 6.45) is 22.9. The van der Waals surface area contributed by atoms with Crippen molar-refractivity contribution in [3.8, 4) is 0 Å². The van der Waals surface area contributed by atoms with E-state index >= 15 is 0 Å². The summed E-state index contributed by atoms with van der Waals surface area (Å²) in [5, 5.41) is 0. The van der Waals surface area contributed by atoms with Gasteiger partial charge >= 0.3 is 23.9 Å². The molecule has 2 aliphatic heterocycles. The lowest BCUT2D eigenvalue weighted by Crippen LogP contribution is -2.15. The topological polar surface area (TPSA) is 86.7 Å². The molecule has 6 nitrogen and oxygen atoms in total. The number of carbonyl (C=O) groups is 4. The molecule has 0 aromatic heterocycles. The van der Waals surface area contributed by atoms with E-state index in [1.807, 2.05) is 6.92 Å². The fourth-order valence-electron chi connectivity index (χ4n) is 4.90. The summed E-state index contributed by atoms with van der Waals surface area (Å²) in [5.74, 6) is 0.905. The van der Waals surface area contributed by atoms with E-state index in [0.717, 1.165) is 29.9 Å². The number of allylic oxidation sites excluding steroid dienone is 4. The first-order valence-electron chi connectivity index (χ1n) is 15.4. The lowest BCUT2D eigenvalue weighted by Gasteiger charge is -2.15. The van der Waals surface area contributed by atoms with Crippen molar-refractivity contribution in [2.24, 2.45) is 35.5 Å². The van der Waals surface area contributed by atoms with Gasteiger partial charge in [0.25, 0.3) is 0 Å². The molecule has 2 rings (SSSR count). The second-order valence-electron chi connectivity index (χ2n) is 11.8. The molecule has 0 aromatic carbocycles.